The van der Waals surface area contributed by atoms with Crippen LogP contribution in [0.3, 0.4) is 0 Å². The summed E-state index contributed by atoms with van der Waals surface area (Å²) < 4.78 is 122. The summed E-state index contributed by atoms with van der Waals surface area (Å²) in [5.74, 6) is -17.6. The monoisotopic (exact) mass is 302 g/mol. The normalized spacial score (nSPS) is 48.0. The van der Waals surface area contributed by atoms with E-state index in [-0.39, 0.29) is 6.92 Å². The third kappa shape index (κ3) is 1.29. The fourth-order valence-corrected chi connectivity index (χ4v) is 2.15. The van der Waals surface area contributed by atoms with Crippen LogP contribution in [0.5, 0.6) is 0 Å². The highest BCUT2D eigenvalue weighted by Crippen LogP contribution is 2.68. The predicted molar refractivity (Wildman–Crippen MR) is 48.0 cm³/mol. The summed E-state index contributed by atoms with van der Waals surface area (Å²) in [7, 11) is 0. The number of hydrogen-bond donors (Lipinski definition) is 0. The molecule has 0 spiro atoms. The van der Waals surface area contributed by atoms with Gasteiger partial charge in [0.15, 0.2) is 0 Å². The van der Waals surface area contributed by atoms with Crippen LogP contribution in [0.1, 0.15) is 27.2 Å². The maximum atomic E-state index is 13.8. The molecule has 1 rings (SSSR count). The highest BCUT2D eigenvalue weighted by molar-refractivity contribution is 5.29. The van der Waals surface area contributed by atoms with E-state index in [1.54, 1.807) is 0 Å². The van der Waals surface area contributed by atoms with Crippen LogP contribution in [0.4, 0.5) is 39.5 Å². The molecule has 3 unspecified atom stereocenters. The van der Waals surface area contributed by atoms with Crippen LogP contribution in [0.15, 0.2) is 0 Å². The average molecular weight is 302 g/mol. The predicted octanol–water partition coefficient (Wildman–Crippen LogP) is 4.48. The Balaban J connectivity index is 3.76. The molecule has 3 atom stereocenters. The molecule has 1 aliphatic carbocycles. The number of hydrogen-bond acceptors (Lipinski definition) is 0. The standard InChI is InChI=1S/C10H11F9/c1-4-7(13)8(14,15)5(2,11)6(3,12)9(16,17)10(7,18)19/h4H2,1-3H3. The Morgan fingerprint density at radius 1 is 0.579 bits per heavy atom. The second-order valence-electron chi connectivity index (χ2n) is 4.88. The number of halogens is 9. The van der Waals surface area contributed by atoms with Crippen LogP contribution < -0.4 is 0 Å². The summed E-state index contributed by atoms with van der Waals surface area (Å²) in [6, 6.07) is 0. The first-order valence-corrected chi connectivity index (χ1v) is 5.26. The molecule has 0 nitrogen and oxygen atoms in total. The molecule has 0 saturated heterocycles. The van der Waals surface area contributed by atoms with Crippen LogP contribution in [-0.2, 0) is 0 Å². The van der Waals surface area contributed by atoms with Gasteiger partial charge in [0.25, 0.3) is 0 Å². The Labute approximate surface area is 103 Å². The lowest BCUT2D eigenvalue weighted by Gasteiger charge is -2.56. The second-order valence-corrected chi connectivity index (χ2v) is 4.88. The van der Waals surface area contributed by atoms with Crippen molar-refractivity contribution in [2.75, 3.05) is 0 Å². The van der Waals surface area contributed by atoms with Crippen molar-refractivity contribution in [2.24, 2.45) is 0 Å². The average Bonchev–Trinajstić information content (AvgIpc) is 2.24. The van der Waals surface area contributed by atoms with Crippen molar-refractivity contribution >= 4 is 0 Å². The van der Waals surface area contributed by atoms with Crippen molar-refractivity contribution in [1.29, 1.82) is 0 Å². The van der Waals surface area contributed by atoms with Gasteiger partial charge in [-0.3, -0.25) is 0 Å². The van der Waals surface area contributed by atoms with Gasteiger partial charge in [0.05, 0.1) is 0 Å². The Kier molecular flexibility index (Phi) is 3.04. The fraction of sp³-hybridized carbons (Fsp3) is 1.00. The zero-order valence-corrected chi connectivity index (χ0v) is 10.1. The van der Waals surface area contributed by atoms with Crippen molar-refractivity contribution in [3.63, 3.8) is 0 Å². The van der Waals surface area contributed by atoms with E-state index in [0.717, 1.165) is 0 Å². The smallest absolute Gasteiger partial charge is 0.234 e. The van der Waals surface area contributed by atoms with Gasteiger partial charge in [-0.2, -0.15) is 26.3 Å². The first kappa shape index (κ1) is 16.4. The maximum Gasteiger partial charge on any atom is 0.352 e. The van der Waals surface area contributed by atoms with Crippen LogP contribution in [0.25, 0.3) is 0 Å². The van der Waals surface area contributed by atoms with Crippen molar-refractivity contribution in [3.8, 4) is 0 Å². The van der Waals surface area contributed by atoms with E-state index in [2.05, 4.69) is 0 Å². The van der Waals surface area contributed by atoms with E-state index in [0.29, 0.717) is 6.92 Å². The zero-order chi connectivity index (χ0) is 15.7. The largest absolute Gasteiger partial charge is 0.352 e. The molecular weight excluding hydrogens is 291 g/mol. The van der Waals surface area contributed by atoms with Crippen LogP contribution in [-0.4, -0.2) is 34.8 Å². The van der Waals surface area contributed by atoms with Crippen molar-refractivity contribution < 1.29 is 39.5 Å². The molecule has 1 fully saturated rings. The van der Waals surface area contributed by atoms with Crippen molar-refractivity contribution in [1.82, 2.24) is 0 Å². The third-order valence-corrected chi connectivity index (χ3v) is 3.94. The van der Waals surface area contributed by atoms with E-state index in [9.17, 15) is 39.5 Å². The molecule has 114 valence electrons. The fourth-order valence-electron chi connectivity index (χ4n) is 2.15. The molecule has 1 aliphatic rings. The number of rotatable bonds is 1. The zero-order valence-electron chi connectivity index (χ0n) is 10.1. The maximum absolute atomic E-state index is 13.8. The Bertz CT molecular complexity index is 352. The molecular formula is C10H11F9. The lowest BCUT2D eigenvalue weighted by molar-refractivity contribution is -0.430. The summed E-state index contributed by atoms with van der Waals surface area (Å²) in [6.07, 6.45) is -1.81. The van der Waals surface area contributed by atoms with E-state index in [1.165, 1.54) is 0 Å². The second kappa shape index (κ2) is 3.52. The molecule has 9 heteroatoms. The minimum absolute atomic E-state index is 0.347. The minimum atomic E-state index is -6.06. The van der Waals surface area contributed by atoms with Gasteiger partial charge in [-0.1, -0.05) is 6.92 Å². The molecule has 0 radical (unpaired) electrons. The van der Waals surface area contributed by atoms with E-state index < -0.39 is 48.1 Å². The quantitative estimate of drug-likeness (QED) is 0.626. The Morgan fingerprint density at radius 3 is 1.21 bits per heavy atom. The summed E-state index contributed by atoms with van der Waals surface area (Å²) >= 11 is 0. The van der Waals surface area contributed by atoms with Crippen LogP contribution >= 0.6 is 0 Å². The van der Waals surface area contributed by atoms with Gasteiger partial charge < -0.3 is 0 Å². The van der Waals surface area contributed by atoms with Gasteiger partial charge in [0.1, 0.15) is 0 Å². The lowest BCUT2D eigenvalue weighted by Crippen LogP contribution is -2.84. The van der Waals surface area contributed by atoms with Gasteiger partial charge >= 0.3 is 17.8 Å². The minimum Gasteiger partial charge on any atom is -0.234 e. The SMILES string of the molecule is CCC1(F)C(F)(F)C(C)(F)C(C)(F)C(F)(F)C1(F)F. The third-order valence-electron chi connectivity index (χ3n) is 3.94. The van der Waals surface area contributed by atoms with Crippen LogP contribution in [0.2, 0.25) is 0 Å². The summed E-state index contributed by atoms with van der Waals surface area (Å²) in [4.78, 5) is 0. The van der Waals surface area contributed by atoms with E-state index >= 15 is 0 Å². The molecule has 0 aromatic heterocycles. The molecule has 0 amide bonds. The molecule has 0 aliphatic heterocycles. The van der Waals surface area contributed by atoms with Gasteiger partial charge in [-0.05, 0) is 20.3 Å². The highest BCUT2D eigenvalue weighted by Gasteiger charge is 2.95. The van der Waals surface area contributed by atoms with Gasteiger partial charge in [-0.25, -0.2) is 13.2 Å². The molecule has 19 heavy (non-hydrogen) atoms. The van der Waals surface area contributed by atoms with Crippen molar-refractivity contribution in [3.05, 3.63) is 0 Å². The summed E-state index contributed by atoms with van der Waals surface area (Å²) in [5, 5.41) is 0. The number of alkyl halides is 9. The molecule has 1 saturated carbocycles. The molecule has 0 aromatic carbocycles. The Morgan fingerprint density at radius 2 is 0.895 bits per heavy atom. The van der Waals surface area contributed by atoms with E-state index in [4.69, 9.17) is 0 Å². The van der Waals surface area contributed by atoms with Crippen molar-refractivity contribution in [2.45, 2.75) is 62.0 Å². The summed E-state index contributed by atoms with van der Waals surface area (Å²) in [5.41, 5.74) is -15.0. The molecule has 0 aromatic rings. The molecule has 0 bridgehead atoms. The first-order valence-electron chi connectivity index (χ1n) is 5.26. The lowest BCUT2D eigenvalue weighted by atomic mass is 9.62. The first-order chi connectivity index (χ1) is 8.06. The van der Waals surface area contributed by atoms with Gasteiger partial charge in [-0.15, -0.1) is 0 Å². The van der Waals surface area contributed by atoms with E-state index in [1.807, 2.05) is 0 Å². The summed E-state index contributed by atoms with van der Waals surface area (Å²) in [6.45, 7) is -0.348. The topological polar surface area (TPSA) is 0 Å². The Hall–Kier alpha value is -0.630. The molecule has 0 N–H and O–H groups in total. The molecule has 0 heterocycles. The van der Waals surface area contributed by atoms with Crippen LogP contribution in [0, 0.1) is 0 Å². The van der Waals surface area contributed by atoms with Gasteiger partial charge in [0, 0.05) is 0 Å². The van der Waals surface area contributed by atoms with Gasteiger partial charge in [0.2, 0.25) is 17.0 Å². The highest BCUT2D eigenvalue weighted by atomic mass is 19.3.